The number of ether oxygens (including phenoxy) is 1. The summed E-state index contributed by atoms with van der Waals surface area (Å²) in [7, 11) is 0. The van der Waals surface area contributed by atoms with Gasteiger partial charge in [0.15, 0.2) is 5.78 Å². The second-order valence-electron chi connectivity index (χ2n) is 4.64. The van der Waals surface area contributed by atoms with E-state index >= 15 is 0 Å². The third-order valence-corrected chi connectivity index (χ3v) is 2.26. The van der Waals surface area contributed by atoms with E-state index in [1.807, 2.05) is 20.8 Å². The van der Waals surface area contributed by atoms with E-state index in [-0.39, 0.29) is 17.9 Å². The number of nitrogens with zero attached hydrogens (tertiary/aromatic N) is 1. The number of hydrogen-bond acceptors (Lipinski definition) is 3. The van der Waals surface area contributed by atoms with E-state index in [2.05, 4.69) is 0 Å². The maximum atomic E-state index is 11.6. The molecular weight excluding hydrogens is 182 g/mol. The molecule has 1 aliphatic rings. The van der Waals surface area contributed by atoms with Gasteiger partial charge in [0.05, 0.1) is 12.1 Å². The van der Waals surface area contributed by atoms with Crippen LogP contribution < -0.4 is 0 Å². The highest BCUT2D eigenvalue weighted by atomic mass is 16.6. The van der Waals surface area contributed by atoms with E-state index < -0.39 is 11.7 Å². The molecule has 1 fully saturated rings. The zero-order chi connectivity index (χ0) is 11.1. The summed E-state index contributed by atoms with van der Waals surface area (Å²) in [6.45, 7) is 8.85. The summed E-state index contributed by atoms with van der Waals surface area (Å²) < 4.78 is 5.17. The molecule has 4 nitrogen and oxygen atoms in total. The Morgan fingerprint density at radius 2 is 1.71 bits per heavy atom. The fourth-order valence-electron chi connectivity index (χ4n) is 1.51. The molecule has 0 aromatic rings. The summed E-state index contributed by atoms with van der Waals surface area (Å²) in [5.41, 5.74) is -0.505. The van der Waals surface area contributed by atoms with Gasteiger partial charge in [0.1, 0.15) is 5.60 Å². The molecule has 0 spiro atoms. The summed E-state index contributed by atoms with van der Waals surface area (Å²) in [6.07, 6.45) is -0.405. The zero-order valence-corrected chi connectivity index (χ0v) is 9.33. The Hall–Kier alpha value is -1.06. The van der Waals surface area contributed by atoms with Crippen LogP contribution in [0.25, 0.3) is 0 Å². The van der Waals surface area contributed by atoms with Crippen molar-refractivity contribution in [2.45, 2.75) is 52.3 Å². The van der Waals surface area contributed by atoms with Gasteiger partial charge in [0.2, 0.25) is 0 Å². The van der Waals surface area contributed by atoms with Gasteiger partial charge in [-0.15, -0.1) is 0 Å². The first-order chi connectivity index (χ1) is 6.24. The monoisotopic (exact) mass is 199 g/mol. The summed E-state index contributed by atoms with van der Waals surface area (Å²) in [5.74, 6) is 0.0934. The molecule has 0 radical (unpaired) electrons. The fourth-order valence-corrected chi connectivity index (χ4v) is 1.51. The Morgan fingerprint density at radius 3 is 2.07 bits per heavy atom. The van der Waals surface area contributed by atoms with Crippen LogP contribution in [0.1, 0.15) is 34.6 Å². The van der Waals surface area contributed by atoms with E-state index in [1.165, 1.54) is 4.90 Å². The van der Waals surface area contributed by atoms with Crippen molar-refractivity contribution in [3.8, 4) is 0 Å². The summed E-state index contributed by atoms with van der Waals surface area (Å²) in [4.78, 5) is 24.2. The highest BCUT2D eigenvalue weighted by Gasteiger charge is 2.46. The number of likely N-dealkylation sites (tertiary alicyclic amines) is 1. The summed E-state index contributed by atoms with van der Waals surface area (Å²) in [6, 6.07) is -0.667. The molecule has 0 bridgehead atoms. The van der Waals surface area contributed by atoms with Crippen molar-refractivity contribution in [1.29, 1.82) is 0 Å². The normalized spacial score (nSPS) is 27.2. The minimum atomic E-state index is -0.505. The largest absolute Gasteiger partial charge is 0.444 e. The van der Waals surface area contributed by atoms with Crippen LogP contribution in [0.5, 0.6) is 0 Å². The molecule has 1 aliphatic heterocycles. The quantitative estimate of drug-likeness (QED) is 0.595. The van der Waals surface area contributed by atoms with Crippen LogP contribution in [0.3, 0.4) is 0 Å². The van der Waals surface area contributed by atoms with Gasteiger partial charge < -0.3 is 4.74 Å². The van der Waals surface area contributed by atoms with E-state index in [1.54, 1.807) is 13.8 Å². The van der Waals surface area contributed by atoms with Crippen molar-refractivity contribution in [1.82, 2.24) is 4.90 Å². The fraction of sp³-hybridized carbons (Fsp3) is 0.800. The number of Topliss-reactive ketones (excluding diaryl/α,β-unsaturated/α-hetero) is 1. The molecule has 0 N–H and O–H groups in total. The predicted octanol–water partition coefficient (Wildman–Crippen LogP) is 1.58. The van der Waals surface area contributed by atoms with Gasteiger partial charge in [0, 0.05) is 0 Å². The highest BCUT2D eigenvalue weighted by Crippen LogP contribution is 2.23. The molecule has 0 aromatic heterocycles. The Labute approximate surface area is 84.2 Å². The number of amides is 1. The van der Waals surface area contributed by atoms with Crippen molar-refractivity contribution in [2.75, 3.05) is 0 Å². The lowest BCUT2D eigenvalue weighted by atomic mass is 9.95. The first-order valence-electron chi connectivity index (χ1n) is 4.79. The van der Waals surface area contributed by atoms with Crippen LogP contribution in [0.2, 0.25) is 0 Å². The van der Waals surface area contributed by atoms with Gasteiger partial charge in [-0.1, -0.05) is 0 Å². The average molecular weight is 199 g/mol. The van der Waals surface area contributed by atoms with Gasteiger partial charge in [0.25, 0.3) is 0 Å². The minimum Gasteiger partial charge on any atom is -0.444 e. The molecule has 4 heteroatoms. The topological polar surface area (TPSA) is 46.6 Å². The maximum Gasteiger partial charge on any atom is 0.411 e. The number of hydrogen-bond donors (Lipinski definition) is 0. The molecule has 0 aromatic carbocycles. The van der Waals surface area contributed by atoms with E-state index in [9.17, 15) is 9.59 Å². The van der Waals surface area contributed by atoms with Crippen molar-refractivity contribution >= 4 is 11.9 Å². The number of rotatable bonds is 0. The van der Waals surface area contributed by atoms with Crippen LogP contribution >= 0.6 is 0 Å². The van der Waals surface area contributed by atoms with Crippen molar-refractivity contribution in [3.63, 3.8) is 0 Å². The first kappa shape index (κ1) is 11.0. The number of carbonyl (C=O) groups excluding carboxylic acids is 2. The van der Waals surface area contributed by atoms with Gasteiger partial charge in [-0.2, -0.15) is 0 Å². The molecule has 14 heavy (non-hydrogen) atoms. The lowest BCUT2D eigenvalue weighted by Crippen LogP contribution is -2.64. The van der Waals surface area contributed by atoms with E-state index in [0.717, 1.165) is 0 Å². The zero-order valence-electron chi connectivity index (χ0n) is 9.33. The smallest absolute Gasteiger partial charge is 0.411 e. The summed E-state index contributed by atoms with van der Waals surface area (Å²) in [5, 5.41) is 0. The summed E-state index contributed by atoms with van der Waals surface area (Å²) >= 11 is 0. The van der Waals surface area contributed by atoms with Crippen LogP contribution in [0, 0.1) is 0 Å². The minimum absolute atomic E-state index is 0.0934. The van der Waals surface area contributed by atoms with Gasteiger partial charge in [-0.3, -0.25) is 9.69 Å². The Kier molecular flexibility index (Phi) is 2.56. The molecule has 1 heterocycles. The van der Waals surface area contributed by atoms with Gasteiger partial charge in [-0.05, 0) is 34.6 Å². The lowest BCUT2D eigenvalue weighted by Gasteiger charge is -2.43. The van der Waals surface area contributed by atoms with Crippen LogP contribution in [-0.4, -0.2) is 34.5 Å². The van der Waals surface area contributed by atoms with E-state index in [4.69, 9.17) is 4.74 Å². The molecule has 0 saturated carbocycles. The molecule has 1 saturated heterocycles. The highest BCUT2D eigenvalue weighted by molar-refractivity contribution is 5.99. The van der Waals surface area contributed by atoms with Crippen LogP contribution in [-0.2, 0) is 9.53 Å². The van der Waals surface area contributed by atoms with E-state index in [0.29, 0.717) is 0 Å². The third kappa shape index (κ3) is 1.89. The van der Waals surface area contributed by atoms with Gasteiger partial charge in [-0.25, -0.2) is 4.79 Å². The van der Waals surface area contributed by atoms with Gasteiger partial charge >= 0.3 is 6.09 Å². The maximum absolute atomic E-state index is 11.6. The van der Waals surface area contributed by atoms with Crippen LogP contribution in [0.15, 0.2) is 0 Å². The average Bonchev–Trinajstić information content (AvgIpc) is 2.00. The first-order valence-corrected chi connectivity index (χ1v) is 4.79. The standard InChI is InChI=1S/C10H17NO3/c1-6-8(12)7(2)11(6)9(13)14-10(3,4)5/h6-7H,1-5H3. The molecule has 0 aliphatic carbocycles. The molecule has 80 valence electrons. The SMILES string of the molecule is CC1C(=O)C(C)N1C(=O)OC(C)(C)C. The molecule has 2 unspecified atom stereocenters. The predicted molar refractivity (Wildman–Crippen MR) is 52.0 cm³/mol. The second kappa shape index (κ2) is 3.26. The molecule has 1 amide bonds. The van der Waals surface area contributed by atoms with Crippen LogP contribution in [0.4, 0.5) is 4.79 Å². The lowest BCUT2D eigenvalue weighted by molar-refractivity contribution is -0.141. The van der Waals surface area contributed by atoms with Crippen molar-refractivity contribution in [2.24, 2.45) is 0 Å². The molecular formula is C10H17NO3. The van der Waals surface area contributed by atoms with Crippen molar-refractivity contribution < 1.29 is 14.3 Å². The number of carbonyl (C=O) groups is 2. The second-order valence-corrected chi connectivity index (χ2v) is 4.64. The Morgan fingerprint density at radius 1 is 1.29 bits per heavy atom. The third-order valence-electron chi connectivity index (χ3n) is 2.26. The molecule has 2 atom stereocenters. The Balaban J connectivity index is 2.59. The Bertz CT molecular complexity index is 255. The number of ketones is 1. The molecule has 1 rings (SSSR count). The van der Waals surface area contributed by atoms with Crippen molar-refractivity contribution in [3.05, 3.63) is 0 Å².